The number of terminal acetylenes is 1. The molecule has 45 heavy (non-hydrogen) atoms. The number of esters is 1. The first-order valence-electron chi connectivity index (χ1n) is 15.4. The summed E-state index contributed by atoms with van der Waals surface area (Å²) in [6, 6.07) is 12.9. The van der Waals surface area contributed by atoms with Crippen molar-refractivity contribution in [1.82, 2.24) is 15.5 Å². The number of hydrogen-bond donors (Lipinski definition) is 2. The average molecular weight is 620 g/mol. The summed E-state index contributed by atoms with van der Waals surface area (Å²) in [7, 11) is 0. The van der Waals surface area contributed by atoms with E-state index in [0.717, 1.165) is 5.56 Å². The smallest absolute Gasteiger partial charge is 0.408 e. The van der Waals surface area contributed by atoms with Crippen LogP contribution in [0.15, 0.2) is 54.6 Å². The minimum atomic E-state index is -1.15. The Morgan fingerprint density at radius 2 is 1.44 bits per heavy atom. The van der Waals surface area contributed by atoms with Crippen molar-refractivity contribution in [3.63, 3.8) is 0 Å². The van der Waals surface area contributed by atoms with Gasteiger partial charge in [-0.25, -0.2) is 9.59 Å². The fraction of sp³-hybridized carbons (Fsp3) is 0.500. The van der Waals surface area contributed by atoms with Crippen molar-refractivity contribution in [2.75, 3.05) is 6.54 Å². The van der Waals surface area contributed by atoms with Crippen molar-refractivity contribution in [2.24, 2.45) is 5.92 Å². The summed E-state index contributed by atoms with van der Waals surface area (Å²) >= 11 is 0. The van der Waals surface area contributed by atoms with Gasteiger partial charge in [0.15, 0.2) is 0 Å². The molecular formula is C36H49N3O6. The lowest BCUT2D eigenvalue weighted by Crippen LogP contribution is -2.56. The molecule has 2 rings (SSSR count). The van der Waals surface area contributed by atoms with Gasteiger partial charge in [-0.05, 0) is 77.1 Å². The maximum Gasteiger partial charge on any atom is 0.408 e. The quantitative estimate of drug-likeness (QED) is 0.237. The fourth-order valence-electron chi connectivity index (χ4n) is 4.64. The molecule has 3 atom stereocenters. The van der Waals surface area contributed by atoms with E-state index >= 15 is 0 Å². The van der Waals surface area contributed by atoms with E-state index < -0.39 is 53.2 Å². The number of carbonyl (C=O) groups is 4. The molecule has 9 nitrogen and oxygen atoms in total. The van der Waals surface area contributed by atoms with Crippen molar-refractivity contribution in [1.29, 1.82) is 0 Å². The zero-order valence-corrected chi connectivity index (χ0v) is 28.1. The van der Waals surface area contributed by atoms with E-state index in [4.69, 9.17) is 15.9 Å². The van der Waals surface area contributed by atoms with Crippen LogP contribution in [0.5, 0.6) is 0 Å². The topological polar surface area (TPSA) is 114 Å². The highest BCUT2D eigenvalue weighted by molar-refractivity contribution is 5.94. The Kier molecular flexibility index (Phi) is 13.2. The second-order valence-corrected chi connectivity index (χ2v) is 13.4. The number of rotatable bonds is 12. The monoisotopic (exact) mass is 619 g/mol. The predicted octanol–water partition coefficient (Wildman–Crippen LogP) is 5.57. The lowest BCUT2D eigenvalue weighted by Gasteiger charge is -2.36. The Hall–Kier alpha value is -4.32. The summed E-state index contributed by atoms with van der Waals surface area (Å²) in [6.45, 7) is 16.2. The van der Waals surface area contributed by atoms with Crippen LogP contribution in [0.2, 0.25) is 0 Å². The molecule has 9 heteroatoms. The van der Waals surface area contributed by atoms with Gasteiger partial charge < -0.3 is 25.0 Å². The molecule has 0 aliphatic rings. The summed E-state index contributed by atoms with van der Waals surface area (Å²) in [5.74, 6) is 0.605. The normalized spacial score (nSPS) is 13.5. The maximum atomic E-state index is 14.3. The van der Waals surface area contributed by atoms with Gasteiger partial charge in [-0.3, -0.25) is 9.59 Å². The van der Waals surface area contributed by atoms with E-state index in [2.05, 4.69) is 16.6 Å². The SMILES string of the molecule is C#Cc1ccc(C(C(=O)NC(Cc2ccccc2)C(=O)OC(C)(C)C)N(CCC)C(=O)C(NC(=O)OC(C)(C)C)C(C)C)cc1. The summed E-state index contributed by atoms with van der Waals surface area (Å²) < 4.78 is 11.1. The van der Waals surface area contributed by atoms with Crippen LogP contribution in [0, 0.1) is 18.3 Å². The Morgan fingerprint density at radius 1 is 0.867 bits per heavy atom. The lowest BCUT2D eigenvalue weighted by atomic mass is 9.97. The Labute approximate surface area is 268 Å². The van der Waals surface area contributed by atoms with Gasteiger partial charge in [-0.15, -0.1) is 6.42 Å². The molecule has 2 aromatic rings. The molecule has 2 aromatic carbocycles. The van der Waals surface area contributed by atoms with E-state index in [-0.39, 0.29) is 18.9 Å². The molecule has 0 radical (unpaired) electrons. The highest BCUT2D eigenvalue weighted by Gasteiger charge is 2.39. The van der Waals surface area contributed by atoms with Gasteiger partial charge in [0, 0.05) is 18.5 Å². The number of carbonyl (C=O) groups excluding carboxylic acids is 4. The van der Waals surface area contributed by atoms with Crippen molar-refractivity contribution in [2.45, 2.75) is 104 Å². The molecule has 0 bridgehead atoms. The van der Waals surface area contributed by atoms with E-state index in [1.807, 2.05) is 37.3 Å². The van der Waals surface area contributed by atoms with E-state index in [1.165, 1.54) is 4.90 Å². The van der Waals surface area contributed by atoms with Crippen LogP contribution < -0.4 is 10.6 Å². The van der Waals surface area contributed by atoms with Crippen molar-refractivity contribution in [3.8, 4) is 12.3 Å². The highest BCUT2D eigenvalue weighted by atomic mass is 16.6. The standard InChI is InChI=1S/C36H49N3O6/c1-11-22-39(32(41)29(24(3)4)38-34(43)45-36(8,9)10)30(27-20-18-25(12-2)19-21-27)31(40)37-28(33(42)44-35(5,6)7)23-26-16-14-13-15-17-26/h2,13-21,24,28-30H,11,22-23H2,1,3-10H3,(H,37,40)(H,38,43). The molecule has 0 saturated carbocycles. The van der Waals surface area contributed by atoms with Crippen molar-refractivity contribution in [3.05, 3.63) is 71.3 Å². The van der Waals surface area contributed by atoms with Crippen LogP contribution in [0.25, 0.3) is 0 Å². The molecule has 0 aromatic heterocycles. The summed E-state index contributed by atoms with van der Waals surface area (Å²) in [5.41, 5.74) is 0.369. The van der Waals surface area contributed by atoms with E-state index in [0.29, 0.717) is 17.5 Å². The van der Waals surface area contributed by atoms with Crippen LogP contribution >= 0.6 is 0 Å². The average Bonchev–Trinajstić information content (AvgIpc) is 2.94. The second-order valence-electron chi connectivity index (χ2n) is 13.4. The number of nitrogens with zero attached hydrogens (tertiary/aromatic N) is 1. The Balaban J connectivity index is 2.58. The minimum absolute atomic E-state index is 0.181. The zero-order valence-electron chi connectivity index (χ0n) is 28.1. The molecule has 3 amide bonds. The summed E-state index contributed by atoms with van der Waals surface area (Å²) in [4.78, 5) is 56.2. The molecule has 3 unspecified atom stereocenters. The van der Waals surface area contributed by atoms with Crippen LogP contribution in [-0.2, 0) is 30.3 Å². The largest absolute Gasteiger partial charge is 0.458 e. The Bertz CT molecular complexity index is 1330. The van der Waals surface area contributed by atoms with Crippen LogP contribution in [0.4, 0.5) is 4.79 Å². The van der Waals surface area contributed by atoms with Gasteiger partial charge in [0.25, 0.3) is 0 Å². The third-order valence-corrected chi connectivity index (χ3v) is 6.60. The molecule has 0 heterocycles. The highest BCUT2D eigenvalue weighted by Crippen LogP contribution is 2.26. The van der Waals surface area contributed by atoms with Crippen LogP contribution in [-0.4, -0.2) is 58.6 Å². The number of benzene rings is 2. The minimum Gasteiger partial charge on any atom is -0.458 e. The van der Waals surface area contributed by atoms with Gasteiger partial charge in [0.2, 0.25) is 11.8 Å². The number of ether oxygens (including phenoxy) is 2. The zero-order chi connectivity index (χ0) is 33.9. The van der Waals surface area contributed by atoms with Crippen LogP contribution in [0.3, 0.4) is 0 Å². The first-order chi connectivity index (χ1) is 21.0. The van der Waals surface area contributed by atoms with Gasteiger partial charge in [0.1, 0.15) is 29.3 Å². The van der Waals surface area contributed by atoms with Crippen molar-refractivity contribution < 1.29 is 28.7 Å². The molecule has 0 aliphatic carbocycles. The second kappa shape index (κ2) is 16.1. The van der Waals surface area contributed by atoms with Gasteiger partial charge in [-0.1, -0.05) is 69.2 Å². The van der Waals surface area contributed by atoms with E-state index in [9.17, 15) is 19.2 Å². The first kappa shape index (κ1) is 36.9. The summed E-state index contributed by atoms with van der Waals surface area (Å²) in [5, 5.41) is 5.60. The third-order valence-electron chi connectivity index (χ3n) is 6.60. The number of amides is 3. The molecule has 0 spiro atoms. The third kappa shape index (κ3) is 11.9. The number of alkyl carbamates (subject to hydrolysis) is 1. The first-order valence-corrected chi connectivity index (χ1v) is 15.4. The van der Waals surface area contributed by atoms with E-state index in [1.54, 1.807) is 79.7 Å². The summed E-state index contributed by atoms with van der Waals surface area (Å²) in [6.07, 6.45) is 5.55. The molecule has 0 aliphatic heterocycles. The van der Waals surface area contributed by atoms with Gasteiger partial charge in [-0.2, -0.15) is 0 Å². The predicted molar refractivity (Wildman–Crippen MR) is 175 cm³/mol. The number of hydrogen-bond acceptors (Lipinski definition) is 6. The van der Waals surface area contributed by atoms with Crippen LogP contribution in [0.1, 0.15) is 91.5 Å². The number of nitrogens with one attached hydrogen (secondary N) is 2. The lowest BCUT2D eigenvalue weighted by molar-refractivity contribution is -0.159. The van der Waals surface area contributed by atoms with Gasteiger partial charge in [0.05, 0.1) is 0 Å². The Morgan fingerprint density at radius 3 is 1.93 bits per heavy atom. The molecular weight excluding hydrogens is 570 g/mol. The molecule has 2 N–H and O–H groups in total. The molecule has 244 valence electrons. The van der Waals surface area contributed by atoms with Gasteiger partial charge >= 0.3 is 12.1 Å². The maximum absolute atomic E-state index is 14.3. The van der Waals surface area contributed by atoms with Crippen molar-refractivity contribution >= 4 is 23.9 Å². The molecule has 0 saturated heterocycles. The molecule has 0 fully saturated rings. The fourth-order valence-corrected chi connectivity index (χ4v) is 4.64.